The third-order valence-electron chi connectivity index (χ3n) is 3.56. The molecule has 0 unspecified atom stereocenters. The average molecular weight is 322 g/mol. The zero-order valence-corrected chi connectivity index (χ0v) is 13.2. The summed E-state index contributed by atoms with van der Waals surface area (Å²) >= 11 is 3.50. The fourth-order valence-corrected chi connectivity index (χ4v) is 2.19. The van der Waals surface area contributed by atoms with Gasteiger partial charge in [-0.3, -0.25) is 4.98 Å². The Labute approximate surface area is 122 Å². The normalized spacial score (nSPS) is 11.8. The van der Waals surface area contributed by atoms with Crippen molar-refractivity contribution in [2.45, 2.75) is 27.2 Å². The lowest BCUT2D eigenvalue weighted by atomic mass is 9.90. The second-order valence-electron chi connectivity index (χ2n) is 5.62. The van der Waals surface area contributed by atoms with E-state index in [0.717, 1.165) is 34.0 Å². The molecule has 0 atom stereocenters. The summed E-state index contributed by atoms with van der Waals surface area (Å²) in [6.45, 7) is 7.58. The number of hydrogen-bond acceptors (Lipinski definition) is 3. The molecule has 0 aliphatic heterocycles. The minimum Gasteiger partial charge on any atom is -0.396 e. The van der Waals surface area contributed by atoms with Gasteiger partial charge in [-0.05, 0) is 30.0 Å². The molecular formula is C15H20BrN3. The molecule has 102 valence electrons. The number of nitrogens with zero attached hydrogens (tertiary/aromatic N) is 1. The van der Waals surface area contributed by atoms with Gasteiger partial charge in [0.1, 0.15) is 0 Å². The smallest absolute Gasteiger partial charge is 0.0743 e. The third-order valence-corrected chi connectivity index (χ3v) is 4.05. The number of pyridine rings is 1. The summed E-state index contributed by atoms with van der Waals surface area (Å²) in [5, 5.41) is 4.55. The molecule has 0 saturated heterocycles. The predicted octanol–water partition coefficient (Wildman–Crippen LogP) is 4.43. The maximum atomic E-state index is 6.07. The van der Waals surface area contributed by atoms with Crippen molar-refractivity contribution >= 4 is 38.2 Å². The molecule has 2 rings (SSSR count). The number of nitrogen functional groups attached to an aromatic ring is 1. The monoisotopic (exact) mass is 321 g/mol. The number of aromatic nitrogens is 1. The average Bonchev–Trinajstić information content (AvgIpc) is 2.37. The molecule has 0 saturated carbocycles. The van der Waals surface area contributed by atoms with Crippen LogP contribution in [-0.2, 0) is 0 Å². The van der Waals surface area contributed by atoms with Crippen molar-refractivity contribution in [3.05, 3.63) is 28.9 Å². The van der Waals surface area contributed by atoms with Crippen LogP contribution < -0.4 is 11.1 Å². The Morgan fingerprint density at radius 3 is 2.79 bits per heavy atom. The van der Waals surface area contributed by atoms with Crippen LogP contribution in [0, 0.1) is 5.41 Å². The number of nitrogens with one attached hydrogen (secondary N) is 1. The molecule has 0 amide bonds. The molecule has 0 aliphatic rings. The van der Waals surface area contributed by atoms with Crippen LogP contribution in [0.2, 0.25) is 0 Å². The first-order valence-corrected chi connectivity index (χ1v) is 7.30. The summed E-state index contributed by atoms with van der Waals surface area (Å²) in [6, 6.07) is 6.04. The van der Waals surface area contributed by atoms with E-state index in [0.29, 0.717) is 5.69 Å². The van der Waals surface area contributed by atoms with E-state index < -0.39 is 0 Å². The maximum Gasteiger partial charge on any atom is 0.0743 e. The lowest BCUT2D eigenvalue weighted by Crippen LogP contribution is -2.22. The Morgan fingerprint density at radius 2 is 2.11 bits per heavy atom. The SMILES string of the molecule is CCC(C)(C)CNc1c(N)cnc2ccc(Br)cc12. The fraction of sp³-hybridized carbons (Fsp3) is 0.400. The van der Waals surface area contributed by atoms with Crippen LogP contribution in [0.1, 0.15) is 27.2 Å². The van der Waals surface area contributed by atoms with E-state index in [4.69, 9.17) is 5.73 Å². The fourth-order valence-electron chi connectivity index (χ4n) is 1.83. The van der Waals surface area contributed by atoms with Crippen LogP contribution >= 0.6 is 15.9 Å². The molecule has 1 aromatic heterocycles. The van der Waals surface area contributed by atoms with Crippen molar-refractivity contribution in [1.82, 2.24) is 4.98 Å². The van der Waals surface area contributed by atoms with Crippen molar-refractivity contribution in [1.29, 1.82) is 0 Å². The molecule has 2 aromatic rings. The highest BCUT2D eigenvalue weighted by molar-refractivity contribution is 9.10. The van der Waals surface area contributed by atoms with E-state index in [1.165, 1.54) is 0 Å². The van der Waals surface area contributed by atoms with Gasteiger partial charge >= 0.3 is 0 Å². The molecule has 3 N–H and O–H groups in total. The van der Waals surface area contributed by atoms with Crippen LogP contribution in [0.15, 0.2) is 28.9 Å². The minimum absolute atomic E-state index is 0.244. The molecule has 1 aromatic carbocycles. The summed E-state index contributed by atoms with van der Waals surface area (Å²) < 4.78 is 1.03. The number of anilines is 2. The number of halogens is 1. The Morgan fingerprint density at radius 1 is 1.37 bits per heavy atom. The molecule has 0 radical (unpaired) electrons. The molecular weight excluding hydrogens is 302 g/mol. The minimum atomic E-state index is 0.244. The molecule has 0 aliphatic carbocycles. The second-order valence-corrected chi connectivity index (χ2v) is 6.54. The zero-order valence-electron chi connectivity index (χ0n) is 11.6. The van der Waals surface area contributed by atoms with Gasteiger partial charge in [-0.1, -0.05) is 36.7 Å². The van der Waals surface area contributed by atoms with Crippen molar-refractivity contribution in [2.24, 2.45) is 5.41 Å². The summed E-state index contributed by atoms with van der Waals surface area (Å²) in [5.74, 6) is 0. The summed E-state index contributed by atoms with van der Waals surface area (Å²) in [6.07, 6.45) is 2.84. The Balaban J connectivity index is 2.41. The predicted molar refractivity (Wildman–Crippen MR) is 86.4 cm³/mol. The maximum absolute atomic E-state index is 6.07. The summed E-state index contributed by atoms with van der Waals surface area (Å²) in [4.78, 5) is 4.36. The molecule has 19 heavy (non-hydrogen) atoms. The Hall–Kier alpha value is -1.29. The van der Waals surface area contributed by atoms with Crippen LogP contribution in [0.3, 0.4) is 0 Å². The summed E-state index contributed by atoms with van der Waals surface area (Å²) in [5.41, 5.74) is 8.94. The number of fused-ring (bicyclic) bond motifs is 1. The summed E-state index contributed by atoms with van der Waals surface area (Å²) in [7, 11) is 0. The molecule has 1 heterocycles. The molecule has 0 spiro atoms. The van der Waals surface area contributed by atoms with Gasteiger partial charge in [-0.2, -0.15) is 0 Å². The Bertz CT molecular complexity index is 588. The van der Waals surface area contributed by atoms with Crippen LogP contribution in [0.4, 0.5) is 11.4 Å². The molecule has 3 nitrogen and oxygen atoms in total. The quantitative estimate of drug-likeness (QED) is 0.875. The van der Waals surface area contributed by atoms with Crippen LogP contribution in [0.25, 0.3) is 10.9 Å². The Kier molecular flexibility index (Phi) is 3.99. The van der Waals surface area contributed by atoms with E-state index in [1.807, 2.05) is 12.1 Å². The van der Waals surface area contributed by atoms with Crippen molar-refractivity contribution in [2.75, 3.05) is 17.6 Å². The number of hydrogen-bond donors (Lipinski definition) is 2. The van der Waals surface area contributed by atoms with Crippen molar-refractivity contribution < 1.29 is 0 Å². The van der Waals surface area contributed by atoms with E-state index in [9.17, 15) is 0 Å². The van der Waals surface area contributed by atoms with E-state index >= 15 is 0 Å². The van der Waals surface area contributed by atoms with Crippen LogP contribution in [-0.4, -0.2) is 11.5 Å². The largest absolute Gasteiger partial charge is 0.396 e. The first kappa shape index (κ1) is 14.1. The van der Waals surface area contributed by atoms with Crippen LogP contribution in [0.5, 0.6) is 0 Å². The molecule has 0 bridgehead atoms. The van der Waals surface area contributed by atoms with Gasteiger partial charge in [0.15, 0.2) is 0 Å². The van der Waals surface area contributed by atoms with Crippen molar-refractivity contribution in [3.8, 4) is 0 Å². The van der Waals surface area contributed by atoms with Gasteiger partial charge in [0.05, 0.1) is 23.1 Å². The number of rotatable bonds is 4. The van der Waals surface area contributed by atoms with E-state index in [1.54, 1.807) is 6.20 Å². The molecule has 4 heteroatoms. The van der Waals surface area contributed by atoms with Gasteiger partial charge in [0.25, 0.3) is 0 Å². The van der Waals surface area contributed by atoms with Gasteiger partial charge in [0.2, 0.25) is 0 Å². The van der Waals surface area contributed by atoms with Gasteiger partial charge in [-0.25, -0.2) is 0 Å². The van der Waals surface area contributed by atoms with Gasteiger partial charge in [-0.15, -0.1) is 0 Å². The van der Waals surface area contributed by atoms with Gasteiger partial charge in [0, 0.05) is 16.4 Å². The van der Waals surface area contributed by atoms with Crippen molar-refractivity contribution in [3.63, 3.8) is 0 Å². The first-order valence-electron chi connectivity index (χ1n) is 6.50. The topological polar surface area (TPSA) is 50.9 Å². The highest BCUT2D eigenvalue weighted by atomic mass is 79.9. The molecule has 0 fully saturated rings. The lowest BCUT2D eigenvalue weighted by Gasteiger charge is -2.24. The lowest BCUT2D eigenvalue weighted by molar-refractivity contribution is 0.377. The van der Waals surface area contributed by atoms with E-state index in [2.05, 4.69) is 53.1 Å². The zero-order chi connectivity index (χ0) is 14.0. The van der Waals surface area contributed by atoms with E-state index in [-0.39, 0.29) is 5.41 Å². The second kappa shape index (κ2) is 5.37. The number of nitrogens with two attached hydrogens (primary N) is 1. The van der Waals surface area contributed by atoms with Gasteiger partial charge < -0.3 is 11.1 Å². The number of benzene rings is 1. The standard InChI is InChI=1S/C15H20BrN3/c1-4-15(2,3)9-19-14-11-7-10(16)5-6-13(11)18-8-12(14)17/h5-8H,4,9,17H2,1-3H3,(H,18,19). The highest BCUT2D eigenvalue weighted by Crippen LogP contribution is 2.31. The third kappa shape index (κ3) is 3.18. The highest BCUT2D eigenvalue weighted by Gasteiger charge is 2.16. The first-order chi connectivity index (χ1) is 8.93.